The topological polar surface area (TPSA) is 29.5 Å². The summed E-state index contributed by atoms with van der Waals surface area (Å²) < 4.78 is 5.46. The number of methoxy groups -OCH3 is 1. The molecular formula is C22H30O2. The Morgan fingerprint density at radius 1 is 1.33 bits per heavy atom. The third-order valence-electron chi connectivity index (χ3n) is 7.53. The molecule has 2 unspecified atom stereocenters. The molecule has 0 aromatic heterocycles. The van der Waals surface area contributed by atoms with Crippen molar-refractivity contribution >= 4 is 0 Å². The van der Waals surface area contributed by atoms with Gasteiger partial charge in [-0.1, -0.05) is 19.1 Å². The fraction of sp³-hybridized carbons (Fsp3) is 0.636. The number of fused-ring (bicyclic) bond motifs is 5. The van der Waals surface area contributed by atoms with E-state index in [4.69, 9.17) is 4.74 Å². The first kappa shape index (κ1) is 16.2. The number of rotatable bonds is 3. The Hall–Kier alpha value is -1.28. The summed E-state index contributed by atoms with van der Waals surface area (Å²) in [5.41, 5.74) is 3.15. The van der Waals surface area contributed by atoms with Crippen LogP contribution in [-0.4, -0.2) is 18.3 Å². The van der Waals surface area contributed by atoms with Crippen molar-refractivity contribution in [3.63, 3.8) is 0 Å². The van der Waals surface area contributed by atoms with Gasteiger partial charge in [0.05, 0.1) is 13.2 Å². The maximum absolute atomic E-state index is 10.6. The highest BCUT2D eigenvalue weighted by atomic mass is 16.5. The highest BCUT2D eigenvalue weighted by molar-refractivity contribution is 5.41. The van der Waals surface area contributed by atoms with Crippen LogP contribution >= 0.6 is 0 Å². The van der Waals surface area contributed by atoms with Crippen molar-refractivity contribution in [1.82, 2.24) is 0 Å². The van der Waals surface area contributed by atoms with Crippen molar-refractivity contribution in [2.24, 2.45) is 23.2 Å². The lowest BCUT2D eigenvalue weighted by atomic mass is 9.52. The molecule has 3 aliphatic carbocycles. The van der Waals surface area contributed by atoms with Crippen LogP contribution in [0.3, 0.4) is 0 Å². The van der Waals surface area contributed by atoms with Gasteiger partial charge in [-0.05, 0) is 90.9 Å². The second kappa shape index (κ2) is 5.91. The molecule has 0 radical (unpaired) electrons. The molecule has 130 valence electrons. The van der Waals surface area contributed by atoms with E-state index in [0.717, 1.165) is 31.4 Å². The third kappa shape index (κ3) is 2.26. The van der Waals surface area contributed by atoms with Gasteiger partial charge in [0.15, 0.2) is 0 Å². The SMILES string of the molecule is C=CCC1Cc2cc(OC)ccc2[C@H]2CC[C@]3(C)C(O)CC[C@H]3[C@H]12. The number of ether oxygens (including phenoxy) is 1. The Labute approximate surface area is 145 Å². The normalized spacial score (nSPS) is 40.4. The molecule has 1 aromatic rings. The summed E-state index contributed by atoms with van der Waals surface area (Å²) in [6, 6.07) is 6.68. The Morgan fingerprint density at radius 2 is 2.17 bits per heavy atom. The second-order valence-electron chi connectivity index (χ2n) is 8.48. The molecule has 1 N–H and O–H groups in total. The molecule has 0 saturated heterocycles. The van der Waals surface area contributed by atoms with E-state index >= 15 is 0 Å². The first-order chi connectivity index (χ1) is 11.6. The average Bonchev–Trinajstić information content (AvgIpc) is 2.89. The fourth-order valence-electron chi connectivity index (χ4n) is 6.31. The zero-order valence-electron chi connectivity index (χ0n) is 15.0. The van der Waals surface area contributed by atoms with E-state index in [0.29, 0.717) is 23.7 Å². The second-order valence-corrected chi connectivity index (χ2v) is 8.48. The number of hydrogen-bond acceptors (Lipinski definition) is 2. The van der Waals surface area contributed by atoms with Crippen LogP contribution in [0.1, 0.15) is 56.1 Å². The zero-order valence-corrected chi connectivity index (χ0v) is 15.0. The summed E-state index contributed by atoms with van der Waals surface area (Å²) in [6.45, 7) is 6.37. The van der Waals surface area contributed by atoms with Gasteiger partial charge in [0.1, 0.15) is 5.75 Å². The largest absolute Gasteiger partial charge is 0.497 e. The van der Waals surface area contributed by atoms with Crippen molar-refractivity contribution in [3.8, 4) is 5.75 Å². The van der Waals surface area contributed by atoms with Crippen LogP contribution < -0.4 is 4.74 Å². The predicted octanol–water partition coefficient (Wildman–Crippen LogP) is 4.71. The van der Waals surface area contributed by atoms with Gasteiger partial charge in [-0.15, -0.1) is 6.58 Å². The number of benzene rings is 1. The van der Waals surface area contributed by atoms with E-state index in [1.807, 2.05) is 0 Å². The lowest BCUT2D eigenvalue weighted by Crippen LogP contribution is -2.47. The molecular weight excluding hydrogens is 296 g/mol. The van der Waals surface area contributed by atoms with Gasteiger partial charge in [-0.25, -0.2) is 0 Å². The molecule has 1 aromatic carbocycles. The number of aliphatic hydroxyl groups is 1. The van der Waals surface area contributed by atoms with Crippen LogP contribution in [-0.2, 0) is 6.42 Å². The summed E-state index contributed by atoms with van der Waals surface area (Å²) >= 11 is 0. The summed E-state index contributed by atoms with van der Waals surface area (Å²) in [4.78, 5) is 0. The van der Waals surface area contributed by atoms with Crippen LogP contribution in [0.4, 0.5) is 0 Å². The molecule has 0 heterocycles. The Bertz CT molecular complexity index is 637. The Morgan fingerprint density at radius 3 is 2.92 bits per heavy atom. The van der Waals surface area contributed by atoms with Gasteiger partial charge in [0.2, 0.25) is 0 Å². The minimum Gasteiger partial charge on any atom is -0.497 e. The van der Waals surface area contributed by atoms with E-state index in [-0.39, 0.29) is 11.5 Å². The molecule has 2 fully saturated rings. The van der Waals surface area contributed by atoms with Crippen molar-refractivity contribution in [2.75, 3.05) is 7.11 Å². The molecule has 6 atom stereocenters. The minimum atomic E-state index is -0.106. The lowest BCUT2D eigenvalue weighted by Gasteiger charge is -2.53. The maximum Gasteiger partial charge on any atom is 0.119 e. The maximum atomic E-state index is 10.6. The van der Waals surface area contributed by atoms with Crippen molar-refractivity contribution < 1.29 is 9.84 Å². The molecule has 0 bridgehead atoms. The molecule has 2 heteroatoms. The van der Waals surface area contributed by atoms with Gasteiger partial charge < -0.3 is 9.84 Å². The zero-order chi connectivity index (χ0) is 16.9. The van der Waals surface area contributed by atoms with Crippen LogP contribution in [0.5, 0.6) is 5.75 Å². The van der Waals surface area contributed by atoms with Gasteiger partial charge in [-0.2, -0.15) is 0 Å². The van der Waals surface area contributed by atoms with Crippen molar-refractivity contribution in [2.45, 2.75) is 57.5 Å². The van der Waals surface area contributed by atoms with Gasteiger partial charge >= 0.3 is 0 Å². The number of hydrogen-bond donors (Lipinski definition) is 1. The van der Waals surface area contributed by atoms with Crippen LogP contribution in [0.25, 0.3) is 0 Å². The molecule has 2 saturated carbocycles. The van der Waals surface area contributed by atoms with E-state index in [9.17, 15) is 5.11 Å². The third-order valence-corrected chi connectivity index (χ3v) is 7.53. The van der Waals surface area contributed by atoms with E-state index < -0.39 is 0 Å². The minimum absolute atomic E-state index is 0.106. The smallest absolute Gasteiger partial charge is 0.119 e. The van der Waals surface area contributed by atoms with E-state index in [2.05, 4.69) is 37.8 Å². The highest BCUT2D eigenvalue weighted by Gasteiger charge is 2.56. The summed E-state index contributed by atoms with van der Waals surface area (Å²) in [5, 5.41) is 10.6. The monoisotopic (exact) mass is 326 g/mol. The number of aliphatic hydroxyl groups excluding tert-OH is 1. The Balaban J connectivity index is 1.76. The standard InChI is InChI=1S/C22H30O2/c1-4-5-14-12-15-13-16(24-3)6-7-17(15)18-10-11-22(2)19(21(14)18)8-9-20(22)23/h4,6-7,13-14,18-21,23H,1,5,8-12H2,2-3H3/t14?,18-,19+,20?,21-,22+/m1/s1. The van der Waals surface area contributed by atoms with Gasteiger partial charge in [0.25, 0.3) is 0 Å². The van der Waals surface area contributed by atoms with Crippen molar-refractivity contribution in [1.29, 1.82) is 0 Å². The van der Waals surface area contributed by atoms with E-state index in [1.54, 1.807) is 12.7 Å². The quantitative estimate of drug-likeness (QED) is 0.815. The summed E-state index contributed by atoms with van der Waals surface area (Å²) in [7, 11) is 1.75. The number of allylic oxidation sites excluding steroid dienone is 1. The first-order valence-electron chi connectivity index (χ1n) is 9.54. The molecule has 0 aliphatic heterocycles. The average molecular weight is 326 g/mol. The first-order valence-corrected chi connectivity index (χ1v) is 9.54. The molecule has 0 amide bonds. The van der Waals surface area contributed by atoms with Gasteiger partial charge in [0, 0.05) is 0 Å². The molecule has 3 aliphatic rings. The van der Waals surface area contributed by atoms with Crippen LogP contribution in [0.2, 0.25) is 0 Å². The molecule has 0 spiro atoms. The van der Waals surface area contributed by atoms with Crippen LogP contribution in [0.15, 0.2) is 30.9 Å². The fourth-order valence-corrected chi connectivity index (χ4v) is 6.31. The lowest BCUT2D eigenvalue weighted by molar-refractivity contribution is -0.0377. The molecule has 24 heavy (non-hydrogen) atoms. The summed E-state index contributed by atoms with van der Waals surface area (Å²) in [6.07, 6.45) is 8.75. The molecule has 2 nitrogen and oxygen atoms in total. The van der Waals surface area contributed by atoms with E-state index in [1.165, 1.54) is 18.4 Å². The van der Waals surface area contributed by atoms with Crippen molar-refractivity contribution in [3.05, 3.63) is 42.0 Å². The highest BCUT2D eigenvalue weighted by Crippen LogP contribution is 2.62. The predicted molar refractivity (Wildman–Crippen MR) is 97.3 cm³/mol. The van der Waals surface area contributed by atoms with Gasteiger partial charge in [-0.3, -0.25) is 0 Å². The van der Waals surface area contributed by atoms with Crippen LogP contribution in [0, 0.1) is 23.2 Å². The Kier molecular flexibility index (Phi) is 3.99. The summed E-state index contributed by atoms with van der Waals surface area (Å²) in [5.74, 6) is 3.63. The molecule has 4 rings (SSSR count).